The predicted octanol–water partition coefficient (Wildman–Crippen LogP) is 1.43. The summed E-state index contributed by atoms with van der Waals surface area (Å²) in [4.78, 5) is 18.9. The van der Waals surface area contributed by atoms with Crippen molar-refractivity contribution in [3.05, 3.63) is 24.0 Å². The number of carbonyl (C=O) groups is 1. The summed E-state index contributed by atoms with van der Waals surface area (Å²) in [5, 5.41) is 0. The van der Waals surface area contributed by atoms with Crippen LogP contribution in [-0.2, 0) is 19.6 Å². The number of amides is 1. The number of hydrogen-bond acceptors (Lipinski definition) is 6. The number of nitrogens with one attached hydrogen (secondary N) is 1. The van der Waals surface area contributed by atoms with Crippen LogP contribution in [0.2, 0.25) is 0 Å². The molecule has 1 aromatic rings. The molecule has 0 unspecified atom stereocenters. The molecule has 0 aromatic carbocycles. The largest absolute Gasteiger partial charge is 0.482 e. The Bertz CT molecular complexity index is 838. The molecule has 1 aliphatic carbocycles. The molecule has 1 N–H and O–H groups in total. The molecule has 2 atom stereocenters. The molecule has 0 spiro atoms. The van der Waals surface area contributed by atoms with Crippen molar-refractivity contribution < 1.29 is 22.7 Å². The number of aromatic nitrogens is 1. The molecule has 1 amide bonds. The smallest absolute Gasteiger partial charge is 0.260 e. The van der Waals surface area contributed by atoms with Crippen LogP contribution in [0.25, 0.3) is 0 Å². The number of rotatable bonds is 2. The Labute approximate surface area is 172 Å². The van der Waals surface area contributed by atoms with Gasteiger partial charge in [-0.2, -0.15) is 0 Å². The summed E-state index contributed by atoms with van der Waals surface area (Å²) in [5.74, 6) is 0.898. The summed E-state index contributed by atoms with van der Waals surface area (Å²) in [6.07, 6.45) is 10.0. The average Bonchev–Trinajstić information content (AvgIpc) is 2.71. The van der Waals surface area contributed by atoms with Gasteiger partial charge in [0.25, 0.3) is 5.91 Å². The van der Waals surface area contributed by atoms with Gasteiger partial charge in [0, 0.05) is 24.3 Å². The number of carbonyl (C=O) groups excluding carboxylic acids is 1. The van der Waals surface area contributed by atoms with Crippen LogP contribution in [0.4, 0.5) is 0 Å². The second-order valence-electron chi connectivity index (χ2n) is 8.30. The number of piperidine rings is 1. The summed E-state index contributed by atoms with van der Waals surface area (Å²) in [6.45, 7) is 0.824. The van der Waals surface area contributed by atoms with E-state index in [4.69, 9.17) is 9.47 Å². The zero-order chi connectivity index (χ0) is 20.4. The Hall–Kier alpha value is -1.71. The highest BCUT2D eigenvalue weighted by molar-refractivity contribution is 7.88. The minimum atomic E-state index is -3.38. The van der Waals surface area contributed by atoms with Crippen molar-refractivity contribution in [3.8, 4) is 5.75 Å². The van der Waals surface area contributed by atoms with Gasteiger partial charge in [-0.1, -0.05) is 0 Å². The molecule has 160 valence electrons. The highest BCUT2D eigenvalue weighted by atomic mass is 32.2. The van der Waals surface area contributed by atoms with Gasteiger partial charge in [0.15, 0.2) is 6.61 Å². The SMILES string of the molecule is CS(=O)(=O)N[C@H]1CCCN2C(=O)COc3cnccc3[C@H]3CC[C@H](CC3)OC[C@@H]12. The molecule has 1 saturated heterocycles. The number of ether oxygens (including phenoxy) is 2. The van der Waals surface area contributed by atoms with Crippen LogP contribution in [-0.4, -0.2) is 68.4 Å². The number of nitrogens with zero attached hydrogens (tertiary/aromatic N) is 2. The molecule has 2 fully saturated rings. The van der Waals surface area contributed by atoms with Crippen LogP contribution < -0.4 is 9.46 Å². The third-order valence-electron chi connectivity index (χ3n) is 6.25. The van der Waals surface area contributed by atoms with Gasteiger partial charge in [-0.05, 0) is 50.5 Å². The van der Waals surface area contributed by atoms with Crippen LogP contribution in [0.3, 0.4) is 0 Å². The fraction of sp³-hybridized carbons (Fsp3) is 0.700. The first-order valence-electron chi connectivity index (χ1n) is 10.4. The van der Waals surface area contributed by atoms with Gasteiger partial charge >= 0.3 is 0 Å². The number of fused-ring (bicyclic) bond motifs is 5. The van der Waals surface area contributed by atoms with Gasteiger partial charge in [0.1, 0.15) is 5.75 Å². The molecular formula is C20H29N3O5S. The lowest BCUT2D eigenvalue weighted by molar-refractivity contribution is -0.140. The van der Waals surface area contributed by atoms with Crippen molar-refractivity contribution >= 4 is 15.9 Å². The number of hydrogen-bond donors (Lipinski definition) is 1. The molecule has 9 heteroatoms. The van der Waals surface area contributed by atoms with E-state index >= 15 is 0 Å². The molecule has 3 aliphatic heterocycles. The van der Waals surface area contributed by atoms with Crippen molar-refractivity contribution in [3.63, 3.8) is 0 Å². The first kappa shape index (κ1) is 20.6. The molecule has 2 bridgehead atoms. The zero-order valence-electron chi connectivity index (χ0n) is 16.7. The summed E-state index contributed by atoms with van der Waals surface area (Å²) in [6, 6.07) is 1.31. The van der Waals surface area contributed by atoms with Crippen molar-refractivity contribution in [2.24, 2.45) is 0 Å². The average molecular weight is 424 g/mol. The molecule has 4 aliphatic rings. The predicted molar refractivity (Wildman–Crippen MR) is 107 cm³/mol. The molecule has 1 saturated carbocycles. The summed E-state index contributed by atoms with van der Waals surface area (Å²) < 4.78 is 38.5. The Morgan fingerprint density at radius 1 is 1.21 bits per heavy atom. The van der Waals surface area contributed by atoms with E-state index in [1.54, 1.807) is 17.3 Å². The molecule has 5 rings (SSSR count). The highest BCUT2D eigenvalue weighted by Crippen LogP contribution is 2.38. The first-order valence-corrected chi connectivity index (χ1v) is 12.2. The minimum absolute atomic E-state index is 0.0864. The normalized spacial score (nSPS) is 30.9. The summed E-state index contributed by atoms with van der Waals surface area (Å²) >= 11 is 0. The third-order valence-corrected chi connectivity index (χ3v) is 6.98. The summed E-state index contributed by atoms with van der Waals surface area (Å²) in [7, 11) is -3.38. The second-order valence-corrected chi connectivity index (χ2v) is 10.1. The Balaban J connectivity index is 1.61. The zero-order valence-corrected chi connectivity index (χ0v) is 17.6. The van der Waals surface area contributed by atoms with E-state index in [1.165, 1.54) is 0 Å². The van der Waals surface area contributed by atoms with Gasteiger partial charge in [-0.3, -0.25) is 9.78 Å². The minimum Gasteiger partial charge on any atom is -0.482 e. The maximum atomic E-state index is 13.0. The van der Waals surface area contributed by atoms with E-state index < -0.39 is 10.0 Å². The lowest BCUT2D eigenvalue weighted by Crippen LogP contribution is -2.59. The van der Waals surface area contributed by atoms with Crippen LogP contribution in [0.5, 0.6) is 5.75 Å². The molecule has 1 aromatic heterocycles. The van der Waals surface area contributed by atoms with Gasteiger partial charge in [0.2, 0.25) is 10.0 Å². The Kier molecular flexibility index (Phi) is 6.08. The third kappa shape index (κ3) is 4.90. The monoisotopic (exact) mass is 423 g/mol. The van der Waals surface area contributed by atoms with E-state index in [0.29, 0.717) is 31.2 Å². The number of pyridine rings is 1. The summed E-state index contributed by atoms with van der Waals surface area (Å²) in [5.41, 5.74) is 1.11. The Morgan fingerprint density at radius 2 is 2.00 bits per heavy atom. The molecule has 4 heterocycles. The second kappa shape index (κ2) is 8.57. The van der Waals surface area contributed by atoms with Crippen molar-refractivity contribution in [2.45, 2.75) is 62.6 Å². The van der Waals surface area contributed by atoms with Crippen molar-refractivity contribution in [1.29, 1.82) is 0 Å². The molecule has 0 radical (unpaired) electrons. The highest BCUT2D eigenvalue weighted by Gasteiger charge is 2.37. The first-order chi connectivity index (χ1) is 13.9. The molecular weight excluding hydrogens is 394 g/mol. The molecule has 29 heavy (non-hydrogen) atoms. The van der Waals surface area contributed by atoms with E-state index in [-0.39, 0.29) is 30.7 Å². The lowest BCUT2D eigenvalue weighted by Gasteiger charge is -2.41. The fourth-order valence-corrected chi connectivity index (χ4v) is 5.66. The number of sulfonamides is 1. The van der Waals surface area contributed by atoms with Gasteiger partial charge < -0.3 is 14.4 Å². The molecule has 8 nitrogen and oxygen atoms in total. The van der Waals surface area contributed by atoms with E-state index in [9.17, 15) is 13.2 Å². The van der Waals surface area contributed by atoms with E-state index in [0.717, 1.165) is 43.9 Å². The van der Waals surface area contributed by atoms with Crippen molar-refractivity contribution in [1.82, 2.24) is 14.6 Å². The van der Waals surface area contributed by atoms with E-state index in [1.807, 2.05) is 6.07 Å². The maximum Gasteiger partial charge on any atom is 0.260 e. The van der Waals surface area contributed by atoms with Gasteiger partial charge in [0.05, 0.1) is 31.2 Å². The van der Waals surface area contributed by atoms with Gasteiger partial charge in [-0.15, -0.1) is 0 Å². The quantitative estimate of drug-likeness (QED) is 0.773. The van der Waals surface area contributed by atoms with Crippen molar-refractivity contribution in [2.75, 3.05) is 26.0 Å². The van der Waals surface area contributed by atoms with Crippen LogP contribution in [0.1, 0.15) is 50.0 Å². The van der Waals surface area contributed by atoms with Crippen LogP contribution in [0, 0.1) is 0 Å². The van der Waals surface area contributed by atoms with Crippen LogP contribution >= 0.6 is 0 Å². The standard InChI is InChI=1S/C20H29N3O5S/c1-29(25,26)22-17-3-2-10-23-18(17)12-27-15-6-4-14(5-7-15)16-8-9-21-11-19(16)28-13-20(23)24/h8-9,11,14-15,17-18,22H,2-7,10,12-13H2,1H3/t14-,15+,17-,18-/m0/s1. The lowest BCUT2D eigenvalue weighted by atomic mass is 9.82. The van der Waals surface area contributed by atoms with Crippen LogP contribution in [0.15, 0.2) is 18.5 Å². The topological polar surface area (TPSA) is 97.8 Å². The maximum absolute atomic E-state index is 13.0. The van der Waals surface area contributed by atoms with Gasteiger partial charge in [-0.25, -0.2) is 13.1 Å². The fourth-order valence-electron chi connectivity index (χ4n) is 4.83. The van der Waals surface area contributed by atoms with E-state index in [2.05, 4.69) is 9.71 Å². The Morgan fingerprint density at radius 3 is 2.76 bits per heavy atom.